The van der Waals surface area contributed by atoms with E-state index in [1.165, 1.54) is 25.7 Å². The molecule has 1 N–H and O–H groups in total. The summed E-state index contributed by atoms with van der Waals surface area (Å²) in [5, 5.41) is 9.33. The number of epoxide rings is 1. The number of aliphatic hydroxyl groups excluding tert-OH is 1. The van der Waals surface area contributed by atoms with Crippen LogP contribution in [-0.2, 0) is 4.74 Å². The first-order valence-corrected chi connectivity index (χ1v) is 6.69. The van der Waals surface area contributed by atoms with Crippen molar-refractivity contribution in [3.8, 4) is 0 Å². The van der Waals surface area contributed by atoms with Crippen molar-refractivity contribution >= 4 is 0 Å². The van der Waals surface area contributed by atoms with Crippen LogP contribution in [0.1, 0.15) is 39.0 Å². The highest BCUT2D eigenvalue weighted by molar-refractivity contribution is 5.15. The lowest BCUT2D eigenvalue weighted by Crippen LogP contribution is -2.57. The van der Waals surface area contributed by atoms with E-state index >= 15 is 0 Å². The third-order valence-electron chi connectivity index (χ3n) is 5.21. The Morgan fingerprint density at radius 1 is 1.38 bits per heavy atom. The molecule has 0 aromatic heterocycles. The van der Waals surface area contributed by atoms with Gasteiger partial charge in [-0.3, -0.25) is 0 Å². The molecular formula is C13H23NO2. The Labute approximate surface area is 97.8 Å². The zero-order valence-electron chi connectivity index (χ0n) is 10.4. The molecule has 3 fully saturated rings. The molecule has 3 aliphatic rings. The highest BCUT2D eigenvalue weighted by Gasteiger charge is 2.65. The maximum absolute atomic E-state index is 9.33. The van der Waals surface area contributed by atoms with E-state index in [1.54, 1.807) is 0 Å². The summed E-state index contributed by atoms with van der Waals surface area (Å²) in [5.41, 5.74) is 0.0474. The Bertz CT molecular complexity index is 283. The fourth-order valence-corrected chi connectivity index (χ4v) is 4.18. The second-order valence-electron chi connectivity index (χ2n) is 5.92. The van der Waals surface area contributed by atoms with Crippen LogP contribution in [0.4, 0.5) is 0 Å². The van der Waals surface area contributed by atoms with Gasteiger partial charge in [0, 0.05) is 18.0 Å². The summed E-state index contributed by atoms with van der Waals surface area (Å²) in [6.07, 6.45) is 6.54. The summed E-state index contributed by atoms with van der Waals surface area (Å²) in [7, 11) is 2.26. The van der Waals surface area contributed by atoms with Crippen LogP contribution in [0.15, 0.2) is 0 Å². The fraction of sp³-hybridized carbons (Fsp3) is 1.00. The van der Waals surface area contributed by atoms with Crippen molar-refractivity contribution in [1.29, 1.82) is 0 Å². The molecule has 1 saturated carbocycles. The molecule has 0 radical (unpaired) electrons. The molecule has 2 aliphatic heterocycles. The number of aliphatic hydroxyl groups is 1. The molecule has 5 unspecified atom stereocenters. The van der Waals surface area contributed by atoms with E-state index in [-0.39, 0.29) is 18.3 Å². The van der Waals surface area contributed by atoms with Crippen LogP contribution in [0.5, 0.6) is 0 Å². The van der Waals surface area contributed by atoms with Gasteiger partial charge in [-0.25, -0.2) is 0 Å². The topological polar surface area (TPSA) is 36.0 Å². The van der Waals surface area contributed by atoms with Crippen molar-refractivity contribution in [3.63, 3.8) is 0 Å². The van der Waals surface area contributed by atoms with Crippen LogP contribution in [-0.4, -0.2) is 47.4 Å². The van der Waals surface area contributed by atoms with Gasteiger partial charge in [-0.05, 0) is 33.2 Å². The molecule has 0 aromatic carbocycles. The summed E-state index contributed by atoms with van der Waals surface area (Å²) in [6.45, 7) is 2.50. The SMILES string of the molecule is CC1CC2(OC2CO)C2CCCCC2N1C. The summed E-state index contributed by atoms with van der Waals surface area (Å²) in [5.74, 6) is 0.666. The lowest BCUT2D eigenvalue weighted by Gasteiger charge is -2.49. The predicted octanol–water partition coefficient (Wildman–Crippen LogP) is 1.40. The Balaban J connectivity index is 1.85. The highest BCUT2D eigenvalue weighted by atomic mass is 16.6. The number of hydrogen-bond acceptors (Lipinski definition) is 3. The molecule has 3 nitrogen and oxygen atoms in total. The molecule has 1 aliphatic carbocycles. The number of hydrogen-bond donors (Lipinski definition) is 1. The summed E-state index contributed by atoms with van der Waals surface area (Å²) in [4.78, 5) is 2.55. The molecule has 0 amide bonds. The van der Waals surface area contributed by atoms with Crippen LogP contribution in [0.25, 0.3) is 0 Å². The molecule has 2 heterocycles. The largest absolute Gasteiger partial charge is 0.394 e. The van der Waals surface area contributed by atoms with E-state index in [0.717, 1.165) is 6.42 Å². The van der Waals surface area contributed by atoms with Crippen molar-refractivity contribution in [3.05, 3.63) is 0 Å². The second-order valence-corrected chi connectivity index (χ2v) is 5.92. The minimum Gasteiger partial charge on any atom is -0.394 e. The number of nitrogens with zero attached hydrogens (tertiary/aromatic N) is 1. The first-order valence-electron chi connectivity index (χ1n) is 6.69. The van der Waals surface area contributed by atoms with Gasteiger partial charge in [0.05, 0.1) is 6.61 Å². The van der Waals surface area contributed by atoms with Crippen LogP contribution in [0.2, 0.25) is 0 Å². The van der Waals surface area contributed by atoms with E-state index in [9.17, 15) is 5.11 Å². The molecule has 2 saturated heterocycles. The maximum Gasteiger partial charge on any atom is 0.111 e. The Morgan fingerprint density at radius 3 is 2.81 bits per heavy atom. The summed E-state index contributed by atoms with van der Waals surface area (Å²) < 4.78 is 5.91. The monoisotopic (exact) mass is 225 g/mol. The van der Waals surface area contributed by atoms with Crippen molar-refractivity contribution in [2.24, 2.45) is 5.92 Å². The molecular weight excluding hydrogens is 202 g/mol. The number of rotatable bonds is 1. The van der Waals surface area contributed by atoms with E-state index in [2.05, 4.69) is 18.9 Å². The molecule has 5 atom stereocenters. The average molecular weight is 225 g/mol. The Morgan fingerprint density at radius 2 is 2.12 bits per heavy atom. The standard InChI is InChI=1S/C13H23NO2/c1-9-7-13(12(8-15)16-13)10-5-3-4-6-11(10)14(9)2/h9-12,15H,3-8H2,1-2H3. The van der Waals surface area contributed by atoms with Crippen molar-refractivity contribution < 1.29 is 9.84 Å². The van der Waals surface area contributed by atoms with Crippen molar-refractivity contribution in [2.45, 2.75) is 62.8 Å². The van der Waals surface area contributed by atoms with Gasteiger partial charge >= 0.3 is 0 Å². The molecule has 16 heavy (non-hydrogen) atoms. The third-order valence-corrected chi connectivity index (χ3v) is 5.21. The van der Waals surface area contributed by atoms with Crippen LogP contribution >= 0.6 is 0 Å². The third kappa shape index (κ3) is 1.38. The average Bonchev–Trinajstić information content (AvgIpc) is 3.01. The molecule has 1 spiro atoms. The van der Waals surface area contributed by atoms with E-state index in [4.69, 9.17) is 4.74 Å². The quantitative estimate of drug-likeness (QED) is 0.685. The van der Waals surface area contributed by atoms with E-state index in [0.29, 0.717) is 18.0 Å². The van der Waals surface area contributed by atoms with Gasteiger partial charge in [0.15, 0.2) is 0 Å². The van der Waals surface area contributed by atoms with Gasteiger partial charge in [-0.15, -0.1) is 0 Å². The summed E-state index contributed by atoms with van der Waals surface area (Å²) in [6, 6.07) is 1.28. The Hall–Kier alpha value is -0.120. The van der Waals surface area contributed by atoms with Gasteiger partial charge in [-0.1, -0.05) is 12.8 Å². The van der Waals surface area contributed by atoms with Crippen molar-refractivity contribution in [1.82, 2.24) is 4.90 Å². The highest BCUT2D eigenvalue weighted by Crippen LogP contribution is 2.55. The smallest absolute Gasteiger partial charge is 0.111 e. The number of ether oxygens (including phenoxy) is 1. The molecule has 3 heteroatoms. The number of piperidine rings is 1. The first-order chi connectivity index (χ1) is 7.69. The number of fused-ring (bicyclic) bond motifs is 2. The lowest BCUT2D eigenvalue weighted by molar-refractivity contribution is -0.0156. The molecule has 0 bridgehead atoms. The zero-order valence-corrected chi connectivity index (χ0v) is 10.4. The minimum absolute atomic E-state index is 0.0474. The maximum atomic E-state index is 9.33. The predicted molar refractivity (Wildman–Crippen MR) is 62.3 cm³/mol. The first kappa shape index (κ1) is 11.0. The van der Waals surface area contributed by atoms with Gasteiger partial charge in [0.2, 0.25) is 0 Å². The van der Waals surface area contributed by atoms with Gasteiger partial charge in [-0.2, -0.15) is 0 Å². The zero-order chi connectivity index (χ0) is 11.3. The van der Waals surface area contributed by atoms with Gasteiger partial charge < -0.3 is 14.7 Å². The van der Waals surface area contributed by atoms with Gasteiger partial charge in [0.1, 0.15) is 11.7 Å². The van der Waals surface area contributed by atoms with Crippen molar-refractivity contribution in [2.75, 3.05) is 13.7 Å². The van der Waals surface area contributed by atoms with Gasteiger partial charge in [0.25, 0.3) is 0 Å². The van der Waals surface area contributed by atoms with Crippen LogP contribution in [0.3, 0.4) is 0 Å². The van der Waals surface area contributed by atoms with Crippen LogP contribution in [0, 0.1) is 5.92 Å². The fourth-order valence-electron chi connectivity index (χ4n) is 4.18. The van der Waals surface area contributed by atoms with E-state index < -0.39 is 0 Å². The Kier molecular flexibility index (Phi) is 2.54. The minimum atomic E-state index is 0.0474. The second kappa shape index (κ2) is 3.69. The molecule has 92 valence electrons. The lowest BCUT2D eigenvalue weighted by atomic mass is 9.68. The normalized spacial score (nSPS) is 52.7. The number of likely N-dealkylation sites (tertiary alicyclic amines) is 1. The summed E-state index contributed by atoms with van der Waals surface area (Å²) >= 11 is 0. The van der Waals surface area contributed by atoms with Crippen LogP contribution < -0.4 is 0 Å². The molecule has 3 rings (SSSR count). The molecule has 0 aromatic rings. The van der Waals surface area contributed by atoms with E-state index in [1.807, 2.05) is 0 Å².